The molecule has 1 atom stereocenters. The molecular weight excluding hydrogens is 252 g/mol. The Morgan fingerprint density at radius 3 is 2.05 bits per heavy atom. The maximum absolute atomic E-state index is 10.4. The third-order valence-corrected chi connectivity index (χ3v) is 2.39. The van der Waals surface area contributed by atoms with E-state index in [1.54, 1.807) is 7.05 Å². The number of hydrogen-bond acceptors (Lipinski definition) is 2. The van der Waals surface area contributed by atoms with Crippen LogP contribution in [0.1, 0.15) is 59.8 Å². The molecule has 0 aromatic heterocycles. The van der Waals surface area contributed by atoms with Gasteiger partial charge in [-0.3, -0.25) is 9.59 Å². The number of nitrogens with one attached hydrogen (secondary N) is 1. The summed E-state index contributed by atoms with van der Waals surface area (Å²) in [5.74, 6) is 1.26. The fourth-order valence-corrected chi connectivity index (χ4v) is 1.35. The Morgan fingerprint density at radius 2 is 1.85 bits per heavy atom. The summed E-state index contributed by atoms with van der Waals surface area (Å²) in [7, 11) is 1.56. The molecule has 1 unspecified atom stereocenters. The quantitative estimate of drug-likeness (QED) is 0.581. The van der Waals surface area contributed by atoms with Gasteiger partial charge in [0.25, 0.3) is 0 Å². The third-order valence-electron chi connectivity index (χ3n) is 2.39. The first-order valence-electron chi connectivity index (χ1n) is 7.51. The van der Waals surface area contributed by atoms with Crippen LogP contribution in [0.3, 0.4) is 0 Å². The van der Waals surface area contributed by atoms with Crippen molar-refractivity contribution in [1.29, 1.82) is 0 Å². The van der Waals surface area contributed by atoms with Crippen LogP contribution >= 0.6 is 0 Å². The van der Waals surface area contributed by atoms with Gasteiger partial charge in [-0.05, 0) is 24.7 Å². The first kappa shape index (κ1) is 23.7. The highest BCUT2D eigenvalue weighted by molar-refractivity contribution is 5.73. The highest BCUT2D eigenvalue weighted by Crippen LogP contribution is 2.35. The molecule has 0 heterocycles. The minimum absolute atomic E-state index is 0.159. The average Bonchev–Trinajstić information content (AvgIpc) is 3.24. The predicted molar refractivity (Wildman–Crippen MR) is 87.3 cm³/mol. The van der Waals surface area contributed by atoms with Crippen LogP contribution in [0.4, 0.5) is 0 Å². The summed E-state index contributed by atoms with van der Waals surface area (Å²) in [6, 6.07) is 0. The van der Waals surface area contributed by atoms with Gasteiger partial charge in [0.2, 0.25) is 12.3 Å². The van der Waals surface area contributed by atoms with Crippen molar-refractivity contribution < 1.29 is 9.59 Å². The van der Waals surface area contributed by atoms with E-state index in [1.807, 2.05) is 19.9 Å². The van der Waals surface area contributed by atoms with E-state index in [9.17, 15) is 4.79 Å². The Bertz CT molecular complexity index is 219. The third kappa shape index (κ3) is 30.1. The van der Waals surface area contributed by atoms with Gasteiger partial charge in [0.15, 0.2) is 0 Å². The number of carbonyl (C=O) groups is 2. The van der Waals surface area contributed by atoms with Crippen molar-refractivity contribution in [2.75, 3.05) is 7.05 Å². The number of rotatable bonds is 6. The van der Waals surface area contributed by atoms with Crippen molar-refractivity contribution >= 4 is 12.3 Å². The lowest BCUT2D eigenvalue weighted by atomic mass is 10.0. The van der Waals surface area contributed by atoms with Crippen molar-refractivity contribution in [3.05, 3.63) is 12.7 Å². The number of allylic oxidation sites excluding steroid dienone is 1. The van der Waals surface area contributed by atoms with Crippen molar-refractivity contribution in [2.24, 2.45) is 17.6 Å². The van der Waals surface area contributed by atoms with Crippen LogP contribution < -0.4 is 11.1 Å². The molecule has 120 valence electrons. The van der Waals surface area contributed by atoms with Crippen LogP contribution in [0.15, 0.2) is 12.7 Å². The summed E-state index contributed by atoms with van der Waals surface area (Å²) in [5, 5.41) is 2.25. The molecule has 3 N–H and O–H groups in total. The van der Waals surface area contributed by atoms with Gasteiger partial charge >= 0.3 is 0 Å². The summed E-state index contributed by atoms with van der Waals surface area (Å²) in [5.41, 5.74) is 5.05. The lowest BCUT2D eigenvalue weighted by Crippen LogP contribution is -2.14. The van der Waals surface area contributed by atoms with Gasteiger partial charge in [-0.1, -0.05) is 46.6 Å². The summed E-state index contributed by atoms with van der Waals surface area (Å²) in [4.78, 5) is 19.5. The molecule has 0 radical (unpaired) electrons. The van der Waals surface area contributed by atoms with Crippen molar-refractivity contribution in [3.63, 3.8) is 0 Å². The van der Waals surface area contributed by atoms with Crippen LogP contribution in [0.25, 0.3) is 0 Å². The van der Waals surface area contributed by atoms with Gasteiger partial charge in [0.05, 0.1) is 0 Å². The van der Waals surface area contributed by atoms with E-state index >= 15 is 0 Å². The average molecular weight is 286 g/mol. The monoisotopic (exact) mass is 286 g/mol. The second kappa shape index (κ2) is 20.0. The van der Waals surface area contributed by atoms with Crippen LogP contribution in [-0.4, -0.2) is 19.4 Å². The van der Waals surface area contributed by atoms with Crippen molar-refractivity contribution in [3.8, 4) is 0 Å². The van der Waals surface area contributed by atoms with Crippen molar-refractivity contribution in [1.82, 2.24) is 5.32 Å². The minimum Gasteiger partial charge on any atom is -0.370 e. The number of carbonyl (C=O) groups excluding carboxylic acids is 2. The Morgan fingerprint density at radius 1 is 1.45 bits per heavy atom. The molecule has 0 aliphatic heterocycles. The molecule has 0 spiro atoms. The summed E-state index contributed by atoms with van der Waals surface area (Å²) >= 11 is 0. The molecule has 4 heteroatoms. The summed E-state index contributed by atoms with van der Waals surface area (Å²) in [6.07, 6.45) is 8.08. The lowest BCUT2D eigenvalue weighted by molar-refractivity contribution is -0.118. The molecule has 1 aliphatic carbocycles. The topological polar surface area (TPSA) is 72.2 Å². The van der Waals surface area contributed by atoms with Gasteiger partial charge in [-0.25, -0.2) is 0 Å². The molecular formula is C16H34N2O2. The van der Waals surface area contributed by atoms with E-state index in [0.29, 0.717) is 18.7 Å². The van der Waals surface area contributed by atoms with Gasteiger partial charge in [0.1, 0.15) is 0 Å². The molecule has 0 aromatic carbocycles. The Labute approximate surface area is 125 Å². The van der Waals surface area contributed by atoms with Gasteiger partial charge in [-0.15, -0.1) is 6.58 Å². The fourth-order valence-electron chi connectivity index (χ4n) is 1.35. The Hall–Kier alpha value is -1.32. The molecule has 20 heavy (non-hydrogen) atoms. The molecule has 0 saturated heterocycles. The van der Waals surface area contributed by atoms with E-state index < -0.39 is 0 Å². The molecule has 2 amide bonds. The van der Waals surface area contributed by atoms with Gasteiger partial charge in [-0.2, -0.15) is 0 Å². The zero-order valence-electron chi connectivity index (χ0n) is 13.9. The maximum atomic E-state index is 10.4. The van der Waals surface area contributed by atoms with E-state index in [0.717, 1.165) is 12.3 Å². The normalized spacial score (nSPS) is 12.8. The predicted octanol–water partition coefficient (Wildman–Crippen LogP) is 3.27. The first-order chi connectivity index (χ1) is 9.51. The first-order valence-corrected chi connectivity index (χ1v) is 7.51. The Kier molecular flexibility index (Phi) is 23.8. The SMILES string of the molecule is C=CCC.CC.CC(CC(N)=O)CC1CC1.CNC=O. The van der Waals surface area contributed by atoms with Crippen LogP contribution in [0, 0.1) is 11.8 Å². The fraction of sp³-hybridized carbons (Fsp3) is 0.750. The zero-order chi connectivity index (χ0) is 16.4. The standard InChI is InChI=1S/C8H15NO.C4H8.C2H5NO.C2H6/c1-6(5-8(9)10)4-7-2-3-7;1-3-4-2;1-3-2-4;1-2/h6-7H,2-5H2,1H3,(H2,9,10);3H,1,4H2,2H3;2H,1H3,(H,3,4);1-2H3. The molecule has 1 aliphatic rings. The number of primary amides is 1. The molecule has 1 saturated carbocycles. The highest BCUT2D eigenvalue weighted by Gasteiger charge is 2.23. The summed E-state index contributed by atoms with van der Waals surface area (Å²) in [6.45, 7) is 11.6. The van der Waals surface area contributed by atoms with E-state index in [1.165, 1.54) is 19.3 Å². The molecule has 0 bridgehead atoms. The van der Waals surface area contributed by atoms with Crippen LogP contribution in [0.5, 0.6) is 0 Å². The molecule has 4 nitrogen and oxygen atoms in total. The van der Waals surface area contributed by atoms with Gasteiger partial charge < -0.3 is 11.1 Å². The molecule has 1 fully saturated rings. The summed E-state index contributed by atoms with van der Waals surface area (Å²) < 4.78 is 0. The van der Waals surface area contributed by atoms with E-state index in [2.05, 4.69) is 25.7 Å². The molecule has 1 rings (SSSR count). The second-order valence-electron chi connectivity index (χ2n) is 4.56. The number of amides is 2. The van der Waals surface area contributed by atoms with E-state index in [4.69, 9.17) is 10.5 Å². The smallest absolute Gasteiger partial charge is 0.217 e. The highest BCUT2D eigenvalue weighted by atomic mass is 16.1. The van der Waals surface area contributed by atoms with Crippen LogP contribution in [0.2, 0.25) is 0 Å². The zero-order valence-corrected chi connectivity index (χ0v) is 13.9. The van der Waals surface area contributed by atoms with Crippen molar-refractivity contribution in [2.45, 2.75) is 59.8 Å². The second-order valence-corrected chi connectivity index (χ2v) is 4.56. The molecule has 0 aromatic rings. The number of nitrogens with two attached hydrogens (primary N) is 1. The Balaban J connectivity index is -0.000000243. The minimum atomic E-state index is -0.159. The largest absolute Gasteiger partial charge is 0.370 e. The van der Waals surface area contributed by atoms with Gasteiger partial charge in [0, 0.05) is 13.5 Å². The number of hydrogen-bond donors (Lipinski definition) is 2. The maximum Gasteiger partial charge on any atom is 0.217 e. The van der Waals surface area contributed by atoms with Crippen LogP contribution in [-0.2, 0) is 9.59 Å². The van der Waals surface area contributed by atoms with E-state index in [-0.39, 0.29) is 5.91 Å². The lowest BCUT2D eigenvalue weighted by Gasteiger charge is -2.05.